The molecular formula is C24H45F2N5O3. The Kier molecular flexibility index (Phi) is 17.4. The molecular weight excluding hydrogens is 444 g/mol. The number of hydrogen-bond donors (Lipinski definition) is 4. The second-order valence-corrected chi connectivity index (χ2v) is 6.76. The molecule has 0 aliphatic carbocycles. The first-order chi connectivity index (χ1) is 16.1. The fraction of sp³-hybridized carbons (Fsp3) is 0.583. The fourth-order valence-electron chi connectivity index (χ4n) is 3.42. The van der Waals surface area contributed by atoms with Gasteiger partial charge in [-0.1, -0.05) is 34.3 Å². The minimum absolute atomic E-state index is 0.0246. The summed E-state index contributed by atoms with van der Waals surface area (Å²) >= 11 is 0. The van der Waals surface area contributed by atoms with Gasteiger partial charge < -0.3 is 30.2 Å². The summed E-state index contributed by atoms with van der Waals surface area (Å²) in [6, 6.07) is -0.0246. The number of rotatable bonds is 7. The van der Waals surface area contributed by atoms with E-state index in [-0.39, 0.29) is 11.7 Å². The molecule has 0 amide bonds. The quantitative estimate of drug-likeness (QED) is 0.317. The van der Waals surface area contributed by atoms with E-state index in [1.54, 1.807) is 14.2 Å². The average molecular weight is 490 g/mol. The first kappa shape index (κ1) is 33.5. The number of dihydropyridines is 1. The molecule has 0 fully saturated rings. The van der Waals surface area contributed by atoms with E-state index >= 15 is 0 Å². The van der Waals surface area contributed by atoms with Gasteiger partial charge in [0, 0.05) is 39.3 Å². The standard InChI is InChI=1S/C15H25N3O3.C5H8F2N2.2C2H6/c1-9-14(10(2)19)17(3)18(4)15(9)11-8-16-13(21-6)7-12(11)20-5;1-4(8-2)5(6)3-9-7;2*1-2/h7,10,14,16,19H,8H2,1-6H3;3,8-9H,1H2,2H3;2*1-2H3/b;5-3+;;. The van der Waals surface area contributed by atoms with Crippen LogP contribution in [0.1, 0.15) is 41.5 Å². The second-order valence-electron chi connectivity index (χ2n) is 6.76. The summed E-state index contributed by atoms with van der Waals surface area (Å²) in [5, 5.41) is 19.8. The topological polar surface area (TPSA) is 81.3 Å². The van der Waals surface area contributed by atoms with Crippen molar-refractivity contribution in [3.05, 3.63) is 58.9 Å². The van der Waals surface area contributed by atoms with Crippen LogP contribution in [0.4, 0.5) is 8.87 Å². The van der Waals surface area contributed by atoms with Crippen LogP contribution in [0.15, 0.2) is 58.9 Å². The maximum absolute atomic E-state index is 12.2. The summed E-state index contributed by atoms with van der Waals surface area (Å²) in [4.78, 5) is 0. The normalized spacial score (nSPS) is 18.6. The summed E-state index contributed by atoms with van der Waals surface area (Å²) in [5.74, 6) is 0.723. The van der Waals surface area contributed by atoms with Crippen LogP contribution in [0.5, 0.6) is 0 Å². The van der Waals surface area contributed by atoms with Crippen molar-refractivity contribution in [2.24, 2.45) is 0 Å². The van der Waals surface area contributed by atoms with Crippen LogP contribution in [0.3, 0.4) is 0 Å². The summed E-state index contributed by atoms with van der Waals surface area (Å²) in [5.41, 5.74) is 4.37. The maximum Gasteiger partial charge on any atom is 0.190 e. The zero-order chi connectivity index (χ0) is 27.0. The number of nitrogens with zero attached hydrogens (tertiary/aromatic N) is 2. The average Bonchev–Trinajstić information content (AvgIpc) is 3.08. The monoisotopic (exact) mass is 489 g/mol. The third-order valence-electron chi connectivity index (χ3n) is 4.97. The van der Waals surface area contributed by atoms with Gasteiger partial charge in [-0.25, -0.2) is 14.9 Å². The summed E-state index contributed by atoms with van der Waals surface area (Å²) in [6.45, 7) is 15.7. The highest BCUT2D eigenvalue weighted by Gasteiger charge is 2.37. The molecule has 198 valence electrons. The Balaban J connectivity index is 0. The van der Waals surface area contributed by atoms with Crippen LogP contribution in [0.25, 0.3) is 0 Å². The molecule has 0 saturated carbocycles. The van der Waals surface area contributed by atoms with Crippen LogP contribution in [-0.4, -0.2) is 69.2 Å². The van der Waals surface area contributed by atoms with E-state index in [4.69, 9.17) is 9.47 Å². The minimum atomic E-state index is -0.750. The number of aliphatic hydroxyl groups is 1. The van der Waals surface area contributed by atoms with Crippen molar-refractivity contribution in [3.63, 3.8) is 0 Å². The second kappa shape index (κ2) is 17.7. The van der Waals surface area contributed by atoms with Gasteiger partial charge in [0.15, 0.2) is 11.7 Å². The zero-order valence-corrected chi connectivity index (χ0v) is 22.6. The van der Waals surface area contributed by atoms with Crippen LogP contribution in [-0.2, 0) is 9.47 Å². The lowest BCUT2D eigenvalue weighted by Gasteiger charge is -2.32. The summed E-state index contributed by atoms with van der Waals surface area (Å²) in [6.07, 6.45) is 1.98. The van der Waals surface area contributed by atoms with Crippen molar-refractivity contribution in [2.45, 2.75) is 53.7 Å². The number of hydrazine groups is 1. The van der Waals surface area contributed by atoms with Crippen molar-refractivity contribution in [2.75, 3.05) is 41.9 Å². The highest BCUT2D eigenvalue weighted by molar-refractivity contribution is 5.46. The number of aliphatic hydroxyl groups excluding tert-OH is 1. The lowest BCUT2D eigenvalue weighted by atomic mass is 9.98. The molecule has 2 aliphatic heterocycles. The number of likely N-dealkylation sites (N-methyl/N-ethyl adjacent to an activating group) is 3. The van der Waals surface area contributed by atoms with Crippen LogP contribution in [0.2, 0.25) is 0 Å². The Hall–Kier alpha value is -2.72. The van der Waals surface area contributed by atoms with Gasteiger partial charge in [0.25, 0.3) is 0 Å². The van der Waals surface area contributed by atoms with Crippen molar-refractivity contribution in [3.8, 4) is 0 Å². The van der Waals surface area contributed by atoms with Gasteiger partial charge >= 0.3 is 0 Å². The van der Waals surface area contributed by atoms with E-state index in [2.05, 4.69) is 29.1 Å². The van der Waals surface area contributed by atoms with Gasteiger partial charge in [-0.3, -0.25) is 0 Å². The zero-order valence-electron chi connectivity index (χ0n) is 22.6. The van der Waals surface area contributed by atoms with Gasteiger partial charge in [0.05, 0.1) is 44.0 Å². The third kappa shape index (κ3) is 8.90. The van der Waals surface area contributed by atoms with E-state index in [1.807, 2.05) is 59.8 Å². The summed E-state index contributed by atoms with van der Waals surface area (Å²) in [7, 11) is 8.75. The molecule has 2 heterocycles. The SMILES string of the molecule is C=C(NC)/C(F)=C\NF.CC.CC.COC1=CC(OC)=C(C2=C(C)C(C(C)O)N(C)N2C)CN1. The molecule has 0 radical (unpaired) electrons. The van der Waals surface area contributed by atoms with E-state index in [9.17, 15) is 14.0 Å². The number of methoxy groups -OCH3 is 2. The Morgan fingerprint density at radius 1 is 1.26 bits per heavy atom. The van der Waals surface area contributed by atoms with Gasteiger partial charge in [-0.15, -0.1) is 4.48 Å². The van der Waals surface area contributed by atoms with E-state index in [1.165, 1.54) is 7.05 Å². The van der Waals surface area contributed by atoms with Crippen LogP contribution >= 0.6 is 0 Å². The molecule has 0 aromatic heterocycles. The van der Waals surface area contributed by atoms with Crippen molar-refractivity contribution >= 4 is 0 Å². The van der Waals surface area contributed by atoms with E-state index in [0.29, 0.717) is 18.6 Å². The van der Waals surface area contributed by atoms with Crippen molar-refractivity contribution < 1.29 is 23.5 Å². The summed E-state index contributed by atoms with van der Waals surface area (Å²) < 4.78 is 34.0. The Morgan fingerprint density at radius 3 is 2.21 bits per heavy atom. The van der Waals surface area contributed by atoms with Gasteiger partial charge in [-0.2, -0.15) is 0 Å². The molecule has 0 aromatic carbocycles. The molecule has 34 heavy (non-hydrogen) atoms. The van der Waals surface area contributed by atoms with Crippen LogP contribution in [0, 0.1) is 0 Å². The highest BCUT2D eigenvalue weighted by atomic mass is 19.2. The van der Waals surface area contributed by atoms with E-state index < -0.39 is 11.9 Å². The number of hydrogen-bond acceptors (Lipinski definition) is 8. The van der Waals surface area contributed by atoms with Crippen molar-refractivity contribution in [1.82, 2.24) is 26.2 Å². The van der Waals surface area contributed by atoms with Crippen LogP contribution < -0.4 is 16.2 Å². The third-order valence-corrected chi connectivity index (χ3v) is 4.97. The lowest BCUT2D eigenvalue weighted by Crippen LogP contribution is -2.43. The molecule has 0 bridgehead atoms. The molecule has 8 nitrogen and oxygen atoms in total. The predicted octanol–water partition coefficient (Wildman–Crippen LogP) is 3.85. The molecule has 0 spiro atoms. The molecule has 0 aromatic rings. The highest BCUT2D eigenvalue weighted by Crippen LogP contribution is 2.35. The van der Waals surface area contributed by atoms with Gasteiger partial charge in [0.1, 0.15) is 5.76 Å². The van der Waals surface area contributed by atoms with Gasteiger partial charge in [-0.05, 0) is 19.4 Å². The largest absolute Gasteiger partial charge is 0.496 e. The molecule has 10 heteroatoms. The Bertz CT molecular complexity index is 749. The lowest BCUT2D eigenvalue weighted by molar-refractivity contribution is 0.00596. The van der Waals surface area contributed by atoms with Crippen molar-refractivity contribution in [1.29, 1.82) is 0 Å². The molecule has 2 unspecified atom stereocenters. The molecule has 0 saturated heterocycles. The predicted molar refractivity (Wildman–Crippen MR) is 135 cm³/mol. The molecule has 4 N–H and O–H groups in total. The maximum atomic E-state index is 12.2. The smallest absolute Gasteiger partial charge is 0.190 e. The molecule has 2 aliphatic rings. The van der Waals surface area contributed by atoms with Gasteiger partial charge in [0.2, 0.25) is 0 Å². The number of nitrogens with one attached hydrogen (secondary N) is 3. The number of ether oxygens (including phenoxy) is 2. The Labute approximate surface area is 204 Å². The fourth-order valence-corrected chi connectivity index (χ4v) is 3.42. The minimum Gasteiger partial charge on any atom is -0.496 e. The Morgan fingerprint density at radius 2 is 1.82 bits per heavy atom. The van der Waals surface area contributed by atoms with E-state index in [0.717, 1.165) is 28.1 Å². The molecule has 2 rings (SSSR count). The number of allylic oxidation sites excluding steroid dienone is 2. The molecule has 2 atom stereocenters. The first-order valence-electron chi connectivity index (χ1n) is 11.4. The first-order valence-corrected chi connectivity index (χ1v) is 11.4. The number of halogens is 2.